The molecule has 16 heavy (non-hydrogen) atoms. The van der Waals surface area contributed by atoms with Crippen LogP contribution in [0.15, 0.2) is 40.2 Å². The molecule has 0 atom stereocenters. The van der Waals surface area contributed by atoms with Crippen LogP contribution < -0.4 is 0 Å². The van der Waals surface area contributed by atoms with Crippen LogP contribution in [0.1, 0.15) is 5.56 Å². The van der Waals surface area contributed by atoms with Gasteiger partial charge < -0.3 is 4.57 Å². The highest BCUT2D eigenvalue weighted by atomic mass is 79.9. The maximum absolute atomic E-state index is 13.5. The summed E-state index contributed by atoms with van der Waals surface area (Å²) in [6, 6.07) is 5.11. The SMILES string of the molecule is Cn1ccnc1SCc1ccc(Br)cc1F. The molecule has 0 amide bonds. The van der Waals surface area contributed by atoms with Gasteiger partial charge in [-0.3, -0.25) is 0 Å². The number of aryl methyl sites for hydroxylation is 1. The van der Waals surface area contributed by atoms with Crippen LogP contribution in [-0.2, 0) is 12.8 Å². The van der Waals surface area contributed by atoms with E-state index in [9.17, 15) is 4.39 Å². The molecule has 0 aliphatic carbocycles. The van der Waals surface area contributed by atoms with Gasteiger partial charge in [-0.1, -0.05) is 33.8 Å². The molecule has 0 spiro atoms. The Bertz CT molecular complexity index is 498. The summed E-state index contributed by atoms with van der Waals surface area (Å²) in [4.78, 5) is 4.17. The molecule has 0 aliphatic rings. The van der Waals surface area contributed by atoms with Gasteiger partial charge >= 0.3 is 0 Å². The summed E-state index contributed by atoms with van der Waals surface area (Å²) in [6.45, 7) is 0. The predicted octanol–water partition coefficient (Wildman–Crippen LogP) is 3.61. The van der Waals surface area contributed by atoms with Crippen molar-refractivity contribution < 1.29 is 4.39 Å². The number of aromatic nitrogens is 2. The minimum absolute atomic E-state index is 0.184. The van der Waals surface area contributed by atoms with E-state index in [1.165, 1.54) is 17.8 Å². The molecule has 0 fully saturated rings. The molecule has 0 radical (unpaired) electrons. The van der Waals surface area contributed by atoms with Crippen molar-refractivity contribution in [1.82, 2.24) is 9.55 Å². The highest BCUT2D eigenvalue weighted by molar-refractivity contribution is 9.10. The van der Waals surface area contributed by atoms with Crippen LogP contribution in [0.25, 0.3) is 0 Å². The van der Waals surface area contributed by atoms with E-state index in [2.05, 4.69) is 20.9 Å². The monoisotopic (exact) mass is 300 g/mol. The fourth-order valence-corrected chi connectivity index (χ4v) is 2.52. The first-order valence-corrected chi connectivity index (χ1v) is 6.49. The molecule has 0 saturated carbocycles. The minimum atomic E-state index is -0.184. The summed E-state index contributed by atoms with van der Waals surface area (Å²) in [5, 5.41) is 0.891. The molecular weight excluding hydrogens is 291 g/mol. The number of hydrogen-bond donors (Lipinski definition) is 0. The van der Waals surface area contributed by atoms with Crippen molar-refractivity contribution in [3.63, 3.8) is 0 Å². The maximum Gasteiger partial charge on any atom is 0.167 e. The van der Waals surface area contributed by atoms with Gasteiger partial charge in [0, 0.05) is 29.7 Å². The molecule has 1 heterocycles. The zero-order valence-electron chi connectivity index (χ0n) is 8.65. The fourth-order valence-electron chi connectivity index (χ4n) is 1.27. The Morgan fingerprint density at radius 2 is 2.31 bits per heavy atom. The third kappa shape index (κ3) is 2.65. The Kier molecular flexibility index (Phi) is 3.66. The van der Waals surface area contributed by atoms with Crippen molar-refractivity contribution in [2.75, 3.05) is 0 Å². The Balaban J connectivity index is 2.08. The van der Waals surface area contributed by atoms with E-state index in [1.54, 1.807) is 12.3 Å². The van der Waals surface area contributed by atoms with Crippen LogP contribution in [0, 0.1) is 5.82 Å². The maximum atomic E-state index is 13.5. The summed E-state index contributed by atoms with van der Waals surface area (Å²) in [5.41, 5.74) is 0.691. The molecular formula is C11H10BrFN2S. The number of benzene rings is 1. The van der Waals surface area contributed by atoms with Gasteiger partial charge in [-0.25, -0.2) is 9.37 Å². The molecule has 1 aromatic heterocycles. The number of halogens is 2. The van der Waals surface area contributed by atoms with Crippen molar-refractivity contribution >= 4 is 27.7 Å². The molecule has 0 unspecified atom stereocenters. The van der Waals surface area contributed by atoms with E-state index in [0.29, 0.717) is 11.3 Å². The number of thioether (sulfide) groups is 1. The van der Waals surface area contributed by atoms with Crippen molar-refractivity contribution in [3.05, 3.63) is 46.4 Å². The molecule has 0 bridgehead atoms. The highest BCUT2D eigenvalue weighted by Crippen LogP contribution is 2.23. The van der Waals surface area contributed by atoms with E-state index in [-0.39, 0.29) is 5.82 Å². The molecule has 2 nitrogen and oxygen atoms in total. The van der Waals surface area contributed by atoms with Crippen molar-refractivity contribution in [3.8, 4) is 0 Å². The molecule has 2 aromatic rings. The average molecular weight is 301 g/mol. The molecule has 5 heteroatoms. The molecule has 1 aromatic carbocycles. The van der Waals surface area contributed by atoms with Gasteiger partial charge in [-0.15, -0.1) is 0 Å². The highest BCUT2D eigenvalue weighted by Gasteiger charge is 2.05. The lowest BCUT2D eigenvalue weighted by Crippen LogP contribution is -1.92. The number of rotatable bonds is 3. The Hall–Kier alpha value is -0.810. The van der Waals surface area contributed by atoms with E-state index < -0.39 is 0 Å². The molecule has 84 valence electrons. The largest absolute Gasteiger partial charge is 0.329 e. The number of nitrogens with zero attached hydrogens (tertiary/aromatic N) is 2. The number of hydrogen-bond acceptors (Lipinski definition) is 2. The second-order valence-corrected chi connectivity index (χ2v) is 5.20. The standard InChI is InChI=1S/C11H10BrFN2S/c1-15-5-4-14-11(15)16-7-8-2-3-9(12)6-10(8)13/h2-6H,7H2,1H3. The van der Waals surface area contributed by atoms with Gasteiger partial charge in [0.15, 0.2) is 5.16 Å². The van der Waals surface area contributed by atoms with Crippen molar-refractivity contribution in [1.29, 1.82) is 0 Å². The van der Waals surface area contributed by atoms with Crippen molar-refractivity contribution in [2.45, 2.75) is 10.9 Å². The molecule has 0 aliphatic heterocycles. The van der Waals surface area contributed by atoms with Gasteiger partial charge in [0.05, 0.1) is 0 Å². The summed E-state index contributed by atoms with van der Waals surface area (Å²) >= 11 is 4.76. The summed E-state index contributed by atoms with van der Waals surface area (Å²) in [6.07, 6.45) is 3.61. The molecule has 0 N–H and O–H groups in total. The van der Waals surface area contributed by atoms with Crippen molar-refractivity contribution in [2.24, 2.45) is 7.05 Å². The lowest BCUT2D eigenvalue weighted by atomic mass is 10.2. The average Bonchev–Trinajstić information content (AvgIpc) is 2.63. The van der Waals surface area contributed by atoms with Crippen LogP contribution in [0.4, 0.5) is 4.39 Å². The fraction of sp³-hybridized carbons (Fsp3) is 0.182. The van der Waals surface area contributed by atoms with Gasteiger partial charge in [-0.2, -0.15) is 0 Å². The predicted molar refractivity (Wildman–Crippen MR) is 66.9 cm³/mol. The second kappa shape index (κ2) is 5.01. The first-order chi connectivity index (χ1) is 7.66. The second-order valence-electron chi connectivity index (χ2n) is 3.35. The van der Waals surface area contributed by atoms with E-state index in [1.807, 2.05) is 23.9 Å². The Labute approximate surface area is 106 Å². The third-order valence-corrected chi connectivity index (χ3v) is 3.75. The quantitative estimate of drug-likeness (QED) is 0.806. The van der Waals surface area contributed by atoms with Crippen LogP contribution in [0.5, 0.6) is 0 Å². The number of imidazole rings is 1. The van der Waals surface area contributed by atoms with Crippen LogP contribution in [0.3, 0.4) is 0 Å². The zero-order chi connectivity index (χ0) is 11.5. The van der Waals surface area contributed by atoms with Crippen LogP contribution in [-0.4, -0.2) is 9.55 Å². The topological polar surface area (TPSA) is 17.8 Å². The minimum Gasteiger partial charge on any atom is -0.329 e. The summed E-state index contributed by atoms with van der Waals surface area (Å²) in [5.74, 6) is 0.403. The molecule has 2 rings (SSSR count). The van der Waals surface area contributed by atoms with Crippen LogP contribution >= 0.6 is 27.7 Å². The lowest BCUT2D eigenvalue weighted by molar-refractivity contribution is 0.616. The van der Waals surface area contributed by atoms with E-state index >= 15 is 0 Å². The normalized spacial score (nSPS) is 10.7. The van der Waals surface area contributed by atoms with Crippen LogP contribution in [0.2, 0.25) is 0 Å². The third-order valence-electron chi connectivity index (χ3n) is 2.15. The van der Waals surface area contributed by atoms with Gasteiger partial charge in [-0.05, 0) is 17.7 Å². The van der Waals surface area contributed by atoms with Gasteiger partial charge in [0.2, 0.25) is 0 Å². The van der Waals surface area contributed by atoms with E-state index in [0.717, 1.165) is 9.63 Å². The summed E-state index contributed by atoms with van der Waals surface area (Å²) < 4.78 is 16.2. The van der Waals surface area contributed by atoms with E-state index in [4.69, 9.17) is 0 Å². The summed E-state index contributed by atoms with van der Waals surface area (Å²) in [7, 11) is 1.92. The first-order valence-electron chi connectivity index (χ1n) is 4.71. The first kappa shape index (κ1) is 11.7. The molecule has 0 saturated heterocycles. The Morgan fingerprint density at radius 3 is 2.94 bits per heavy atom. The zero-order valence-corrected chi connectivity index (χ0v) is 11.1. The van der Waals surface area contributed by atoms with Gasteiger partial charge in [0.25, 0.3) is 0 Å². The smallest absolute Gasteiger partial charge is 0.167 e. The lowest BCUT2D eigenvalue weighted by Gasteiger charge is -2.03. The Morgan fingerprint density at radius 1 is 1.50 bits per heavy atom. The van der Waals surface area contributed by atoms with Gasteiger partial charge in [0.1, 0.15) is 5.82 Å².